The second-order valence-electron chi connectivity index (χ2n) is 3.70. The van der Waals surface area contributed by atoms with Gasteiger partial charge in [-0.05, 0) is 19.1 Å². The topological polar surface area (TPSA) is 67.8 Å². The van der Waals surface area contributed by atoms with Gasteiger partial charge in [-0.1, -0.05) is 18.2 Å². The SMILES string of the molecule is C[C@@H](CNCCOS(=O)(O)=S)Oc1ccccc1. The van der Waals surface area contributed by atoms with Crippen LogP contribution in [0.25, 0.3) is 0 Å². The first kappa shape index (κ1) is 15.3. The molecule has 0 radical (unpaired) electrons. The van der Waals surface area contributed by atoms with Crippen molar-refractivity contribution in [2.75, 3.05) is 19.7 Å². The fraction of sp³-hybridized carbons (Fsp3) is 0.455. The summed E-state index contributed by atoms with van der Waals surface area (Å²) in [6.45, 7) is 3.08. The Morgan fingerprint density at radius 1 is 1.44 bits per heavy atom. The first-order chi connectivity index (χ1) is 8.47. The second kappa shape index (κ2) is 7.65. The molecule has 0 aromatic heterocycles. The Bertz CT molecular complexity index is 436. The van der Waals surface area contributed by atoms with Gasteiger partial charge in [0.25, 0.3) is 9.05 Å². The van der Waals surface area contributed by atoms with E-state index in [1.165, 1.54) is 0 Å². The molecule has 2 atom stereocenters. The van der Waals surface area contributed by atoms with Gasteiger partial charge in [0.2, 0.25) is 0 Å². The molecule has 0 aliphatic rings. The Balaban J connectivity index is 2.12. The highest BCUT2D eigenvalue weighted by Crippen LogP contribution is 2.10. The second-order valence-corrected chi connectivity index (χ2v) is 6.05. The van der Waals surface area contributed by atoms with E-state index in [1.807, 2.05) is 37.3 Å². The van der Waals surface area contributed by atoms with Gasteiger partial charge in [0.05, 0.1) is 6.61 Å². The van der Waals surface area contributed by atoms with Gasteiger partial charge in [-0.15, -0.1) is 0 Å². The number of rotatable bonds is 8. The predicted molar refractivity (Wildman–Crippen MR) is 73.5 cm³/mol. The lowest BCUT2D eigenvalue weighted by Gasteiger charge is -2.15. The van der Waals surface area contributed by atoms with Crippen molar-refractivity contribution in [3.05, 3.63) is 30.3 Å². The average Bonchev–Trinajstić information content (AvgIpc) is 2.28. The Labute approximate surface area is 112 Å². The van der Waals surface area contributed by atoms with Crippen LogP contribution in [0.1, 0.15) is 6.92 Å². The van der Waals surface area contributed by atoms with Crippen molar-refractivity contribution in [2.45, 2.75) is 13.0 Å². The van der Waals surface area contributed by atoms with E-state index in [2.05, 4.69) is 20.7 Å². The fourth-order valence-corrected chi connectivity index (χ4v) is 1.80. The van der Waals surface area contributed by atoms with Crippen molar-refractivity contribution in [3.8, 4) is 5.75 Å². The Hall–Kier alpha value is -0.730. The lowest BCUT2D eigenvalue weighted by Crippen LogP contribution is -2.31. The molecule has 0 heterocycles. The van der Waals surface area contributed by atoms with Crippen molar-refractivity contribution in [2.24, 2.45) is 0 Å². The number of para-hydroxylation sites is 1. The molecule has 18 heavy (non-hydrogen) atoms. The minimum Gasteiger partial charge on any atom is -0.489 e. The van der Waals surface area contributed by atoms with Crippen molar-refractivity contribution >= 4 is 20.2 Å². The van der Waals surface area contributed by atoms with Gasteiger partial charge in [0.1, 0.15) is 11.9 Å². The summed E-state index contributed by atoms with van der Waals surface area (Å²) in [6, 6.07) is 9.51. The number of benzene rings is 1. The lowest BCUT2D eigenvalue weighted by molar-refractivity contribution is 0.212. The van der Waals surface area contributed by atoms with Crippen LogP contribution in [-0.2, 0) is 24.4 Å². The molecule has 7 heteroatoms. The van der Waals surface area contributed by atoms with E-state index in [-0.39, 0.29) is 12.7 Å². The number of ether oxygens (including phenoxy) is 1. The molecule has 0 saturated heterocycles. The minimum atomic E-state index is -3.51. The van der Waals surface area contributed by atoms with Crippen molar-refractivity contribution in [3.63, 3.8) is 0 Å². The zero-order valence-electron chi connectivity index (χ0n) is 10.1. The third-order valence-corrected chi connectivity index (χ3v) is 2.78. The molecular formula is C11H17NO4S2. The molecular weight excluding hydrogens is 274 g/mol. The van der Waals surface area contributed by atoms with Crippen LogP contribution in [0.2, 0.25) is 0 Å². The van der Waals surface area contributed by atoms with Gasteiger partial charge >= 0.3 is 0 Å². The maximum absolute atomic E-state index is 10.6. The molecule has 2 N–H and O–H groups in total. The highest BCUT2D eigenvalue weighted by Gasteiger charge is 2.03. The average molecular weight is 291 g/mol. The number of hydrogen-bond donors (Lipinski definition) is 2. The third kappa shape index (κ3) is 7.57. The molecule has 5 nitrogen and oxygen atoms in total. The minimum absolute atomic E-state index is 0.00520. The lowest BCUT2D eigenvalue weighted by atomic mass is 10.3. The summed E-state index contributed by atoms with van der Waals surface area (Å²) in [5.74, 6) is 0.812. The predicted octanol–water partition coefficient (Wildman–Crippen LogP) is 1.19. The van der Waals surface area contributed by atoms with Crippen molar-refractivity contribution in [1.82, 2.24) is 5.32 Å². The molecule has 1 rings (SSSR count). The van der Waals surface area contributed by atoms with Crippen LogP contribution in [0.5, 0.6) is 5.75 Å². The molecule has 0 aliphatic carbocycles. The maximum atomic E-state index is 10.6. The molecule has 0 fully saturated rings. The normalized spacial score (nSPS) is 15.9. The summed E-state index contributed by atoms with van der Waals surface area (Å²) >= 11 is 4.18. The van der Waals surface area contributed by atoms with Gasteiger partial charge in [-0.25, -0.2) is 0 Å². The van der Waals surface area contributed by atoms with Crippen molar-refractivity contribution in [1.29, 1.82) is 0 Å². The fourth-order valence-electron chi connectivity index (χ4n) is 1.30. The molecule has 1 aromatic carbocycles. The molecule has 0 saturated carbocycles. The molecule has 0 aliphatic heterocycles. The van der Waals surface area contributed by atoms with E-state index >= 15 is 0 Å². The highest BCUT2D eigenvalue weighted by molar-refractivity contribution is 8.27. The zero-order chi connectivity index (χ0) is 13.4. The third-order valence-electron chi connectivity index (χ3n) is 2.02. The first-order valence-electron chi connectivity index (χ1n) is 5.51. The molecule has 0 bridgehead atoms. The van der Waals surface area contributed by atoms with Crippen molar-refractivity contribution < 1.29 is 17.7 Å². The van der Waals surface area contributed by atoms with E-state index in [4.69, 9.17) is 9.29 Å². The van der Waals surface area contributed by atoms with Gasteiger partial charge in [0, 0.05) is 24.3 Å². The highest BCUT2D eigenvalue weighted by atomic mass is 32.9. The Morgan fingerprint density at radius 3 is 2.72 bits per heavy atom. The summed E-state index contributed by atoms with van der Waals surface area (Å²) in [5.41, 5.74) is 0. The quantitative estimate of drug-likeness (QED) is 0.701. The largest absolute Gasteiger partial charge is 0.489 e. The number of nitrogens with one attached hydrogen (secondary N) is 1. The first-order valence-corrected chi connectivity index (χ1v) is 7.88. The number of hydrogen-bond acceptors (Lipinski definition) is 5. The van der Waals surface area contributed by atoms with Gasteiger partial charge in [0.15, 0.2) is 0 Å². The summed E-state index contributed by atoms with van der Waals surface area (Å²) in [6.07, 6.45) is -0.00520. The standard InChI is InChI=1S/C11H17NO4S2/c1-10(16-11-5-3-2-4-6-11)9-12-7-8-15-18(13,14)17/h2-6,10,12H,7-9H2,1H3,(H,13,14,17)/t10-/m0/s1. The molecule has 1 aromatic rings. The van der Waals surface area contributed by atoms with Crippen LogP contribution in [0, 0.1) is 0 Å². The maximum Gasteiger partial charge on any atom is 0.266 e. The van der Waals surface area contributed by atoms with E-state index in [0.29, 0.717) is 13.1 Å². The van der Waals surface area contributed by atoms with Crippen LogP contribution >= 0.6 is 0 Å². The zero-order valence-corrected chi connectivity index (χ0v) is 11.7. The molecule has 0 spiro atoms. The summed E-state index contributed by atoms with van der Waals surface area (Å²) in [4.78, 5) is 0. The van der Waals surface area contributed by atoms with Crippen LogP contribution < -0.4 is 10.1 Å². The summed E-state index contributed by atoms with van der Waals surface area (Å²) in [7, 11) is -3.51. The van der Waals surface area contributed by atoms with Crippen LogP contribution in [0.3, 0.4) is 0 Å². The van der Waals surface area contributed by atoms with E-state index in [0.717, 1.165) is 5.75 Å². The molecule has 1 unspecified atom stereocenters. The van der Waals surface area contributed by atoms with Crippen LogP contribution in [-0.4, -0.2) is 34.6 Å². The van der Waals surface area contributed by atoms with Gasteiger partial charge < -0.3 is 10.1 Å². The van der Waals surface area contributed by atoms with Gasteiger partial charge in [-0.2, -0.15) is 4.21 Å². The summed E-state index contributed by atoms with van der Waals surface area (Å²) < 4.78 is 29.5. The van der Waals surface area contributed by atoms with Gasteiger partial charge in [-0.3, -0.25) is 8.74 Å². The van der Waals surface area contributed by atoms with E-state index in [9.17, 15) is 4.21 Å². The molecule has 0 amide bonds. The molecule has 102 valence electrons. The van der Waals surface area contributed by atoms with Crippen LogP contribution in [0.4, 0.5) is 0 Å². The smallest absolute Gasteiger partial charge is 0.266 e. The monoisotopic (exact) mass is 291 g/mol. The van der Waals surface area contributed by atoms with E-state index in [1.54, 1.807) is 0 Å². The van der Waals surface area contributed by atoms with Crippen LogP contribution in [0.15, 0.2) is 30.3 Å². The Morgan fingerprint density at radius 2 is 2.11 bits per heavy atom. The Kier molecular flexibility index (Phi) is 6.51. The van der Waals surface area contributed by atoms with E-state index < -0.39 is 9.05 Å². The summed E-state index contributed by atoms with van der Waals surface area (Å²) in [5, 5.41) is 3.05.